The molecule has 0 aliphatic rings. The molecule has 2 N–H and O–H groups in total. The van der Waals surface area contributed by atoms with E-state index in [9.17, 15) is 9.90 Å². The summed E-state index contributed by atoms with van der Waals surface area (Å²) in [5, 5.41) is 18.1. The fourth-order valence-electron chi connectivity index (χ4n) is 0.781. The van der Waals surface area contributed by atoms with Gasteiger partial charge in [-0.1, -0.05) is 0 Å². The van der Waals surface area contributed by atoms with E-state index in [2.05, 4.69) is 0 Å². The first kappa shape index (κ1) is 10.6. The summed E-state index contributed by atoms with van der Waals surface area (Å²) in [7, 11) is 1.39. The van der Waals surface area contributed by atoms with Crippen LogP contribution in [0.4, 0.5) is 0 Å². The lowest BCUT2D eigenvalue weighted by atomic mass is 10.1. The molecule has 0 radical (unpaired) electrons. The molecule has 0 aromatic heterocycles. The number of carbonyl (C=O) groups excluding carboxylic acids is 1. The van der Waals surface area contributed by atoms with Crippen molar-refractivity contribution in [2.45, 2.75) is 31.7 Å². The van der Waals surface area contributed by atoms with Gasteiger partial charge in [0.25, 0.3) is 0 Å². The quantitative estimate of drug-likeness (QED) is 0.526. The van der Waals surface area contributed by atoms with Crippen LogP contribution >= 0.6 is 0 Å². The molecular weight excluding hydrogens is 148 g/mol. The highest BCUT2D eigenvalue weighted by molar-refractivity contribution is 5.50. The Kier molecular flexibility index (Phi) is 5.02. The molecule has 0 fully saturated rings. The maximum atomic E-state index is 10.0. The molecule has 0 unspecified atom stereocenters. The highest BCUT2D eigenvalue weighted by Gasteiger charge is 2.22. The Labute approximate surface area is 65.8 Å². The second kappa shape index (κ2) is 5.23. The van der Waals surface area contributed by atoms with Gasteiger partial charge in [0.2, 0.25) is 0 Å². The summed E-state index contributed by atoms with van der Waals surface area (Å²) in [6.45, 7) is 1.45. The molecule has 0 bridgehead atoms. The molecule has 0 rings (SSSR count). The van der Waals surface area contributed by atoms with E-state index >= 15 is 0 Å². The van der Waals surface area contributed by atoms with Crippen LogP contribution in [0.3, 0.4) is 0 Å². The van der Waals surface area contributed by atoms with Crippen molar-refractivity contribution in [1.82, 2.24) is 0 Å². The first-order chi connectivity index (χ1) is 5.13. The number of carbonyl (C=O) groups is 1. The molecule has 3 atom stereocenters. The Morgan fingerprint density at radius 3 is 2.36 bits per heavy atom. The summed E-state index contributed by atoms with van der Waals surface area (Å²) in [6.07, 6.45) is -1.72. The highest BCUT2D eigenvalue weighted by Crippen LogP contribution is 2.05. The zero-order valence-electron chi connectivity index (χ0n) is 6.73. The normalized spacial score (nSPS) is 18.9. The summed E-state index contributed by atoms with van der Waals surface area (Å²) in [6, 6.07) is 0. The van der Waals surface area contributed by atoms with Crippen molar-refractivity contribution in [3.05, 3.63) is 0 Å². The molecule has 0 saturated carbocycles. The maximum Gasteiger partial charge on any atom is 0.122 e. The van der Waals surface area contributed by atoms with Gasteiger partial charge >= 0.3 is 0 Å². The molecule has 66 valence electrons. The van der Waals surface area contributed by atoms with Gasteiger partial charge in [-0.2, -0.15) is 0 Å². The number of rotatable bonds is 5. The predicted molar refractivity (Wildman–Crippen MR) is 39.2 cm³/mol. The van der Waals surface area contributed by atoms with Crippen LogP contribution < -0.4 is 0 Å². The summed E-state index contributed by atoms with van der Waals surface area (Å²) in [5.41, 5.74) is 0. The average Bonchev–Trinajstić information content (AvgIpc) is 1.98. The number of aliphatic hydroxyl groups excluding tert-OH is 2. The van der Waals surface area contributed by atoms with Crippen molar-refractivity contribution in [2.24, 2.45) is 0 Å². The molecule has 4 nitrogen and oxygen atoms in total. The van der Waals surface area contributed by atoms with Crippen molar-refractivity contribution in [3.63, 3.8) is 0 Å². The minimum absolute atomic E-state index is 0.0998. The lowest BCUT2D eigenvalue weighted by molar-refractivity contribution is -0.115. The van der Waals surface area contributed by atoms with Gasteiger partial charge in [-0.05, 0) is 6.92 Å². The lowest BCUT2D eigenvalue weighted by Gasteiger charge is -2.21. The van der Waals surface area contributed by atoms with E-state index in [4.69, 9.17) is 9.84 Å². The number of ether oxygens (including phenoxy) is 1. The number of methoxy groups -OCH3 is 1. The monoisotopic (exact) mass is 162 g/mol. The van der Waals surface area contributed by atoms with Crippen molar-refractivity contribution < 1.29 is 19.7 Å². The molecule has 0 aliphatic heterocycles. The van der Waals surface area contributed by atoms with E-state index in [0.717, 1.165) is 0 Å². The van der Waals surface area contributed by atoms with Crippen LogP contribution in [0.25, 0.3) is 0 Å². The van der Waals surface area contributed by atoms with E-state index in [1.54, 1.807) is 0 Å². The van der Waals surface area contributed by atoms with E-state index in [-0.39, 0.29) is 6.42 Å². The van der Waals surface area contributed by atoms with E-state index in [1.165, 1.54) is 14.0 Å². The zero-order valence-corrected chi connectivity index (χ0v) is 6.73. The van der Waals surface area contributed by atoms with Gasteiger partial charge < -0.3 is 19.7 Å². The Balaban J connectivity index is 3.90. The molecule has 0 aromatic carbocycles. The van der Waals surface area contributed by atoms with Gasteiger partial charge in [-0.15, -0.1) is 0 Å². The Morgan fingerprint density at radius 2 is 2.09 bits per heavy atom. The van der Waals surface area contributed by atoms with E-state index < -0.39 is 18.3 Å². The smallest absolute Gasteiger partial charge is 0.122 e. The number of hydrogen-bond donors (Lipinski definition) is 2. The first-order valence-electron chi connectivity index (χ1n) is 3.46. The predicted octanol–water partition coefficient (Wildman–Crippen LogP) is -0.668. The minimum Gasteiger partial charge on any atom is -0.391 e. The van der Waals surface area contributed by atoms with E-state index in [1.807, 2.05) is 0 Å². The Bertz CT molecular complexity index is 113. The summed E-state index contributed by atoms with van der Waals surface area (Å²) in [4.78, 5) is 10.0. The standard InChI is InChI=1S/C7H14O4/c1-5(9)7(10)6(11-2)3-4-8/h4-7,9-10H,3H2,1-2H3/t5-,6-,7-/m1/s1. The first-order valence-corrected chi connectivity index (χ1v) is 3.46. The van der Waals surface area contributed by atoms with Gasteiger partial charge in [-0.25, -0.2) is 0 Å². The molecule has 0 spiro atoms. The van der Waals surface area contributed by atoms with Crippen molar-refractivity contribution in [1.29, 1.82) is 0 Å². The third kappa shape index (κ3) is 3.46. The van der Waals surface area contributed by atoms with Gasteiger partial charge in [0.1, 0.15) is 12.4 Å². The van der Waals surface area contributed by atoms with Crippen molar-refractivity contribution in [2.75, 3.05) is 7.11 Å². The fraction of sp³-hybridized carbons (Fsp3) is 0.857. The zero-order chi connectivity index (χ0) is 8.85. The van der Waals surface area contributed by atoms with Crippen LogP contribution in [0.1, 0.15) is 13.3 Å². The maximum absolute atomic E-state index is 10.0. The third-order valence-corrected chi connectivity index (χ3v) is 1.51. The number of aldehydes is 1. The van der Waals surface area contributed by atoms with Crippen molar-refractivity contribution in [3.8, 4) is 0 Å². The van der Waals surface area contributed by atoms with Crippen LogP contribution in [0.2, 0.25) is 0 Å². The van der Waals surface area contributed by atoms with Crippen LogP contribution in [0, 0.1) is 0 Å². The Hall–Kier alpha value is -0.450. The van der Waals surface area contributed by atoms with Crippen molar-refractivity contribution >= 4 is 6.29 Å². The van der Waals surface area contributed by atoms with Crippen LogP contribution in [0.15, 0.2) is 0 Å². The molecule has 0 saturated heterocycles. The summed E-state index contributed by atoms with van der Waals surface area (Å²) >= 11 is 0. The van der Waals surface area contributed by atoms with Gasteiger partial charge in [0, 0.05) is 13.5 Å². The number of aliphatic hydroxyl groups is 2. The van der Waals surface area contributed by atoms with Crippen LogP contribution in [-0.4, -0.2) is 41.9 Å². The molecule has 0 amide bonds. The molecule has 0 aromatic rings. The molecule has 4 heteroatoms. The second-order valence-electron chi connectivity index (χ2n) is 2.41. The topological polar surface area (TPSA) is 66.8 Å². The molecule has 0 aliphatic carbocycles. The summed E-state index contributed by atoms with van der Waals surface area (Å²) < 4.78 is 4.77. The third-order valence-electron chi connectivity index (χ3n) is 1.51. The van der Waals surface area contributed by atoms with Gasteiger partial charge in [0.15, 0.2) is 0 Å². The molecule has 11 heavy (non-hydrogen) atoms. The molecular formula is C7H14O4. The van der Waals surface area contributed by atoms with Crippen LogP contribution in [-0.2, 0) is 9.53 Å². The second-order valence-corrected chi connectivity index (χ2v) is 2.41. The fourth-order valence-corrected chi connectivity index (χ4v) is 0.781. The lowest BCUT2D eigenvalue weighted by Crippen LogP contribution is -2.37. The highest BCUT2D eigenvalue weighted by atomic mass is 16.5. The largest absolute Gasteiger partial charge is 0.391 e. The Morgan fingerprint density at radius 1 is 1.55 bits per heavy atom. The average molecular weight is 162 g/mol. The van der Waals surface area contributed by atoms with E-state index in [0.29, 0.717) is 6.29 Å². The van der Waals surface area contributed by atoms with Gasteiger partial charge in [0.05, 0.1) is 12.2 Å². The van der Waals surface area contributed by atoms with Crippen LogP contribution in [0.5, 0.6) is 0 Å². The minimum atomic E-state index is -0.995. The summed E-state index contributed by atoms with van der Waals surface area (Å²) in [5.74, 6) is 0. The SMILES string of the molecule is CO[C@H](CC=O)[C@H](O)[C@@H](C)O. The molecule has 0 heterocycles. The number of hydrogen-bond acceptors (Lipinski definition) is 4. The van der Waals surface area contributed by atoms with Gasteiger partial charge in [-0.3, -0.25) is 0 Å².